The van der Waals surface area contributed by atoms with Crippen molar-refractivity contribution < 1.29 is 9.15 Å². The average Bonchev–Trinajstić information content (AvgIpc) is 3.58. The summed E-state index contributed by atoms with van der Waals surface area (Å²) < 4.78 is 14.1. The molecular formula is C52H47BN4O2. The molecule has 0 aliphatic carbocycles. The Kier molecular flexibility index (Phi) is 7.35. The molecule has 0 amide bonds. The predicted octanol–water partition coefficient (Wildman–Crippen LogP) is 12.7. The summed E-state index contributed by atoms with van der Waals surface area (Å²) in [6.07, 6.45) is 5.39. The summed E-state index contributed by atoms with van der Waals surface area (Å²) in [5.74, 6) is 1.70. The van der Waals surface area contributed by atoms with Gasteiger partial charge in [-0.15, -0.1) is 0 Å². The number of aromatic nitrogens is 2. The Bertz CT molecular complexity index is 3040. The van der Waals surface area contributed by atoms with Crippen LogP contribution in [-0.4, -0.2) is 16.8 Å². The lowest BCUT2D eigenvalue weighted by Gasteiger charge is -2.48. The van der Waals surface area contributed by atoms with E-state index in [9.17, 15) is 0 Å². The second kappa shape index (κ2) is 12.1. The van der Waals surface area contributed by atoms with Gasteiger partial charge in [0.1, 0.15) is 23.2 Å². The Morgan fingerprint density at radius 2 is 1.29 bits per heavy atom. The Morgan fingerprint density at radius 1 is 0.576 bits per heavy atom. The Labute approximate surface area is 346 Å². The average molecular weight is 771 g/mol. The normalized spacial score (nSPS) is 14.2. The summed E-state index contributed by atoms with van der Waals surface area (Å²) in [6, 6.07) is 38.3. The van der Waals surface area contributed by atoms with Crippen LogP contribution in [0, 0.1) is 0 Å². The van der Waals surface area contributed by atoms with Crippen molar-refractivity contribution in [3.05, 3.63) is 139 Å². The number of hydrogen-bond acceptors (Lipinski definition) is 6. The highest BCUT2D eigenvalue weighted by molar-refractivity contribution is 6.94. The smallest absolute Gasteiger partial charge is 0.333 e. The summed E-state index contributed by atoms with van der Waals surface area (Å²) in [5, 5.41) is 2.14. The van der Waals surface area contributed by atoms with Crippen molar-refractivity contribution in [2.75, 3.05) is 9.71 Å². The highest BCUT2D eigenvalue weighted by Gasteiger charge is 2.49. The second-order valence-electron chi connectivity index (χ2n) is 19.6. The summed E-state index contributed by atoms with van der Waals surface area (Å²) in [5.41, 5.74) is 17.5. The van der Waals surface area contributed by atoms with E-state index >= 15 is 0 Å². The molecule has 2 aromatic heterocycles. The first kappa shape index (κ1) is 35.8. The number of nitrogens with zero attached hydrogens (tertiary/aromatic N) is 4. The van der Waals surface area contributed by atoms with Crippen molar-refractivity contribution in [1.82, 2.24) is 9.97 Å². The molecule has 0 spiro atoms. The molecule has 11 rings (SSSR count). The van der Waals surface area contributed by atoms with Crippen molar-refractivity contribution in [2.45, 2.75) is 78.6 Å². The molecule has 0 saturated carbocycles. The Morgan fingerprint density at radius 3 is 2.02 bits per heavy atom. The van der Waals surface area contributed by atoms with E-state index in [1.54, 1.807) is 6.33 Å². The van der Waals surface area contributed by atoms with Gasteiger partial charge in [-0.2, -0.15) is 0 Å². The summed E-state index contributed by atoms with van der Waals surface area (Å²) >= 11 is 0. The number of fused-ring (bicyclic) bond motifs is 10. The lowest BCUT2D eigenvalue weighted by atomic mass is 9.43. The van der Waals surface area contributed by atoms with Gasteiger partial charge in [0.15, 0.2) is 5.75 Å². The first-order chi connectivity index (χ1) is 28.1. The van der Waals surface area contributed by atoms with E-state index in [1.807, 2.05) is 12.4 Å². The fraction of sp³-hybridized carbons (Fsp3) is 0.231. The van der Waals surface area contributed by atoms with Gasteiger partial charge >= 0.3 is 6.85 Å². The minimum absolute atomic E-state index is 0.0190. The number of ether oxygens (including phenoxy) is 1. The molecule has 0 bridgehead atoms. The van der Waals surface area contributed by atoms with Gasteiger partial charge < -0.3 is 18.9 Å². The molecule has 0 unspecified atom stereocenters. The lowest BCUT2D eigenvalue weighted by Crippen LogP contribution is -2.62. The van der Waals surface area contributed by atoms with E-state index in [-0.39, 0.29) is 23.1 Å². The monoisotopic (exact) mass is 770 g/mol. The molecule has 59 heavy (non-hydrogen) atoms. The topological polar surface area (TPSA) is 54.6 Å². The van der Waals surface area contributed by atoms with Crippen LogP contribution in [0.3, 0.4) is 0 Å². The minimum atomic E-state index is -0.175. The molecule has 6 nitrogen and oxygen atoms in total. The molecule has 0 saturated heterocycles. The molecule has 290 valence electrons. The van der Waals surface area contributed by atoms with E-state index < -0.39 is 0 Å². The van der Waals surface area contributed by atoms with E-state index in [0.717, 1.165) is 78.6 Å². The zero-order chi connectivity index (χ0) is 40.7. The van der Waals surface area contributed by atoms with Gasteiger partial charge in [0, 0.05) is 45.8 Å². The largest absolute Gasteiger partial charge is 0.455 e. The van der Waals surface area contributed by atoms with Gasteiger partial charge in [0.25, 0.3) is 0 Å². The SMILES string of the molecule is CC(C)(C)c1ccc(N2c3cc(-c4cncnc4)ccc3B3c4c(cc(C(C)(C)C)cc42)-c2c4c(cc5c2oc2ccccc25)Oc2cc(C(C)(C)C)ccc2N34)cc1. The van der Waals surface area contributed by atoms with Crippen molar-refractivity contribution in [1.29, 1.82) is 0 Å². The van der Waals surface area contributed by atoms with Crippen molar-refractivity contribution >= 4 is 68.1 Å². The van der Waals surface area contributed by atoms with E-state index in [1.165, 1.54) is 33.2 Å². The molecule has 0 fully saturated rings. The summed E-state index contributed by atoms with van der Waals surface area (Å²) in [6.45, 7) is 20.4. The maximum absolute atomic E-state index is 7.13. The number of benzene rings is 6. The van der Waals surface area contributed by atoms with Crippen LogP contribution >= 0.6 is 0 Å². The van der Waals surface area contributed by atoms with Crippen LogP contribution in [0.2, 0.25) is 0 Å². The molecule has 6 aromatic carbocycles. The first-order valence-corrected chi connectivity index (χ1v) is 20.7. The molecule has 5 heterocycles. The molecular weight excluding hydrogens is 723 g/mol. The van der Waals surface area contributed by atoms with Crippen molar-refractivity contribution in [3.8, 4) is 33.8 Å². The second-order valence-corrected chi connectivity index (χ2v) is 19.6. The van der Waals surface area contributed by atoms with E-state index in [4.69, 9.17) is 9.15 Å². The molecule has 3 aliphatic rings. The van der Waals surface area contributed by atoms with Crippen LogP contribution in [0.15, 0.2) is 126 Å². The highest BCUT2D eigenvalue weighted by atomic mass is 16.5. The Balaban J connectivity index is 1.29. The minimum Gasteiger partial charge on any atom is -0.455 e. The van der Waals surface area contributed by atoms with Gasteiger partial charge in [0.05, 0.1) is 16.9 Å². The molecule has 0 radical (unpaired) electrons. The third kappa shape index (κ3) is 5.33. The van der Waals surface area contributed by atoms with Crippen molar-refractivity contribution in [2.24, 2.45) is 0 Å². The number of rotatable bonds is 2. The van der Waals surface area contributed by atoms with Crippen LogP contribution in [-0.2, 0) is 16.2 Å². The molecule has 3 aliphatic heterocycles. The third-order valence-electron chi connectivity index (χ3n) is 12.7. The fourth-order valence-corrected chi connectivity index (χ4v) is 9.45. The standard InChI is InChI=1S/C52H47BN4O2/c1-50(2,3)32-15-18-35(19-16-32)56-41-22-30(31-27-54-29-55-28-31)14-20-39(41)53-47-38(23-34(24-42(47)56)52(7,8)9)46-48-45(26-37-36-12-10-11-13-43(36)59-49(37)46)58-44-25-33(51(4,5)6)17-21-40(44)57(48)53/h10-29H,1-9H3. The Hall–Kier alpha value is -6.34. The van der Waals surface area contributed by atoms with E-state index in [0.29, 0.717) is 0 Å². The van der Waals surface area contributed by atoms with E-state index in [2.05, 4.69) is 185 Å². The third-order valence-corrected chi connectivity index (χ3v) is 12.7. The van der Waals surface area contributed by atoms with Crippen LogP contribution in [0.4, 0.5) is 28.4 Å². The number of furan rings is 1. The number of anilines is 5. The first-order valence-electron chi connectivity index (χ1n) is 20.7. The quantitative estimate of drug-likeness (QED) is 0.163. The zero-order valence-electron chi connectivity index (χ0n) is 35.2. The van der Waals surface area contributed by atoms with Crippen LogP contribution in [0.25, 0.3) is 44.2 Å². The molecule has 0 N–H and O–H groups in total. The zero-order valence-corrected chi connectivity index (χ0v) is 35.2. The number of para-hydroxylation sites is 1. The predicted molar refractivity (Wildman–Crippen MR) is 245 cm³/mol. The number of hydrogen-bond donors (Lipinski definition) is 0. The van der Waals surface area contributed by atoms with Crippen molar-refractivity contribution in [3.63, 3.8) is 0 Å². The summed E-state index contributed by atoms with van der Waals surface area (Å²) in [4.78, 5) is 13.9. The van der Waals surface area contributed by atoms with Gasteiger partial charge in [-0.1, -0.05) is 117 Å². The van der Waals surface area contributed by atoms with Crippen LogP contribution < -0.4 is 25.4 Å². The van der Waals surface area contributed by atoms with Crippen LogP contribution in [0.1, 0.15) is 79.0 Å². The maximum Gasteiger partial charge on any atom is 0.333 e. The molecule has 0 atom stereocenters. The lowest BCUT2D eigenvalue weighted by molar-refractivity contribution is 0.474. The van der Waals surface area contributed by atoms with Gasteiger partial charge in [-0.3, -0.25) is 0 Å². The molecule has 8 aromatic rings. The highest BCUT2D eigenvalue weighted by Crippen LogP contribution is 2.59. The maximum atomic E-state index is 7.13. The summed E-state index contributed by atoms with van der Waals surface area (Å²) in [7, 11) is 0. The van der Waals surface area contributed by atoms with Crippen LogP contribution in [0.5, 0.6) is 11.5 Å². The van der Waals surface area contributed by atoms with Gasteiger partial charge in [-0.05, 0) is 104 Å². The van der Waals surface area contributed by atoms with Gasteiger partial charge in [-0.25, -0.2) is 9.97 Å². The molecule has 7 heteroatoms. The van der Waals surface area contributed by atoms with Gasteiger partial charge in [0.2, 0.25) is 0 Å². The fourth-order valence-electron chi connectivity index (χ4n) is 9.45.